The zero-order valence-electron chi connectivity index (χ0n) is 22.2. The van der Waals surface area contributed by atoms with Crippen LogP contribution < -0.4 is 15.4 Å². The van der Waals surface area contributed by atoms with Crippen molar-refractivity contribution in [1.29, 1.82) is 0 Å². The number of nitrogens with one attached hydrogen (secondary N) is 2. The minimum absolute atomic E-state index is 0.0454. The third kappa shape index (κ3) is 7.90. The third-order valence-electron chi connectivity index (χ3n) is 5.11. The van der Waals surface area contributed by atoms with Crippen LogP contribution in [0.25, 0.3) is 0 Å². The molecule has 2 aromatic rings. The smallest absolute Gasteiger partial charge is 0.408 e. The van der Waals surface area contributed by atoms with Gasteiger partial charge in [-0.3, -0.25) is 9.59 Å². The Kier molecular flexibility index (Phi) is 8.96. The Hall–Kier alpha value is -3.75. The number of phenolic OH excluding ortho intramolecular Hbond substituents is 1. The summed E-state index contributed by atoms with van der Waals surface area (Å²) in [6.07, 6.45) is -0.742. The molecule has 9 heteroatoms. The SMILES string of the molecule is COc1ccc(NC(=O)C(c2cccc(O)c2)N(C(=O)C(C)NC(=O)OC(C)(C)C)C(C)(C)C)cc1. The van der Waals surface area contributed by atoms with E-state index in [9.17, 15) is 19.5 Å². The highest BCUT2D eigenvalue weighted by Crippen LogP contribution is 2.32. The maximum atomic E-state index is 13.7. The number of anilines is 1. The van der Waals surface area contributed by atoms with Gasteiger partial charge >= 0.3 is 6.09 Å². The van der Waals surface area contributed by atoms with Gasteiger partial charge in [-0.15, -0.1) is 0 Å². The molecule has 0 heterocycles. The van der Waals surface area contributed by atoms with Crippen molar-refractivity contribution in [3.05, 3.63) is 54.1 Å². The summed E-state index contributed by atoms with van der Waals surface area (Å²) in [5.74, 6) is -0.396. The number of nitrogens with zero attached hydrogens (tertiary/aromatic N) is 1. The van der Waals surface area contributed by atoms with Crippen molar-refractivity contribution >= 4 is 23.6 Å². The summed E-state index contributed by atoms with van der Waals surface area (Å²) in [6, 6.07) is 10.9. The molecule has 9 nitrogen and oxygen atoms in total. The predicted molar refractivity (Wildman–Crippen MR) is 138 cm³/mol. The number of methoxy groups -OCH3 is 1. The molecule has 0 spiro atoms. The molecule has 2 atom stereocenters. The number of alkyl carbamates (subject to hydrolysis) is 1. The first-order valence-corrected chi connectivity index (χ1v) is 11.7. The largest absolute Gasteiger partial charge is 0.508 e. The second-order valence-electron chi connectivity index (χ2n) is 10.5. The van der Waals surface area contributed by atoms with Gasteiger partial charge in [-0.2, -0.15) is 0 Å². The van der Waals surface area contributed by atoms with Gasteiger partial charge in [0.05, 0.1) is 7.11 Å². The first kappa shape index (κ1) is 28.5. The Labute approximate surface area is 212 Å². The lowest BCUT2D eigenvalue weighted by Gasteiger charge is -2.42. The molecule has 0 aliphatic heterocycles. The van der Waals surface area contributed by atoms with E-state index in [1.807, 2.05) is 0 Å². The van der Waals surface area contributed by atoms with E-state index in [0.29, 0.717) is 17.0 Å². The van der Waals surface area contributed by atoms with Crippen LogP contribution in [0.15, 0.2) is 48.5 Å². The van der Waals surface area contributed by atoms with Crippen molar-refractivity contribution in [3.63, 3.8) is 0 Å². The number of aromatic hydroxyl groups is 1. The van der Waals surface area contributed by atoms with Gasteiger partial charge in [0.1, 0.15) is 29.2 Å². The molecule has 2 rings (SSSR count). The number of benzene rings is 2. The fourth-order valence-electron chi connectivity index (χ4n) is 3.60. The Bertz CT molecular complexity index is 1070. The van der Waals surface area contributed by atoms with Crippen LogP contribution in [0.1, 0.15) is 60.1 Å². The zero-order valence-corrected chi connectivity index (χ0v) is 22.2. The summed E-state index contributed by atoms with van der Waals surface area (Å²) in [7, 11) is 1.55. The molecule has 0 saturated heterocycles. The molecule has 0 aliphatic rings. The van der Waals surface area contributed by atoms with Gasteiger partial charge in [0.15, 0.2) is 0 Å². The van der Waals surface area contributed by atoms with Crippen molar-refractivity contribution in [2.75, 3.05) is 12.4 Å². The van der Waals surface area contributed by atoms with Crippen LogP contribution in [0.5, 0.6) is 11.5 Å². The van der Waals surface area contributed by atoms with Crippen LogP contribution in [-0.4, -0.2) is 52.2 Å². The molecule has 2 unspecified atom stereocenters. The molecule has 3 amide bonds. The predicted octanol–water partition coefficient (Wildman–Crippen LogP) is 4.62. The first-order chi connectivity index (χ1) is 16.6. The van der Waals surface area contributed by atoms with E-state index in [1.54, 1.807) is 85.1 Å². The van der Waals surface area contributed by atoms with Crippen LogP contribution in [0.4, 0.5) is 10.5 Å². The topological polar surface area (TPSA) is 117 Å². The number of ether oxygens (including phenoxy) is 2. The normalized spacial score (nSPS) is 13.2. The fourth-order valence-corrected chi connectivity index (χ4v) is 3.60. The molecule has 0 radical (unpaired) electrons. The van der Waals surface area contributed by atoms with Gasteiger partial charge in [0.2, 0.25) is 5.91 Å². The van der Waals surface area contributed by atoms with E-state index in [0.717, 1.165) is 0 Å². The Morgan fingerprint density at radius 2 is 1.58 bits per heavy atom. The van der Waals surface area contributed by atoms with Gasteiger partial charge < -0.3 is 30.1 Å². The van der Waals surface area contributed by atoms with Gasteiger partial charge in [0, 0.05) is 11.2 Å². The van der Waals surface area contributed by atoms with Crippen molar-refractivity contribution in [2.24, 2.45) is 0 Å². The first-order valence-electron chi connectivity index (χ1n) is 11.7. The van der Waals surface area contributed by atoms with Crippen LogP contribution in [0, 0.1) is 0 Å². The molecule has 0 aliphatic carbocycles. The molecule has 3 N–H and O–H groups in total. The summed E-state index contributed by atoms with van der Waals surface area (Å²) >= 11 is 0. The van der Waals surface area contributed by atoms with Crippen LogP contribution >= 0.6 is 0 Å². The lowest BCUT2D eigenvalue weighted by molar-refractivity contribution is -0.146. The van der Waals surface area contributed by atoms with Gasteiger partial charge in [0.25, 0.3) is 5.91 Å². The summed E-state index contributed by atoms with van der Waals surface area (Å²) in [5.41, 5.74) is -0.659. The minimum Gasteiger partial charge on any atom is -0.508 e. The minimum atomic E-state index is -1.12. The van der Waals surface area contributed by atoms with Crippen LogP contribution in [0.3, 0.4) is 0 Å². The van der Waals surface area contributed by atoms with Crippen molar-refractivity contribution in [2.45, 2.75) is 71.7 Å². The second kappa shape index (κ2) is 11.3. The molecule has 2 aromatic carbocycles. The van der Waals surface area contributed by atoms with Crippen molar-refractivity contribution in [3.8, 4) is 11.5 Å². The molecule has 0 fully saturated rings. The number of amides is 3. The number of phenols is 1. The average molecular weight is 500 g/mol. The van der Waals surface area contributed by atoms with E-state index in [1.165, 1.54) is 24.0 Å². The highest BCUT2D eigenvalue weighted by Gasteiger charge is 2.41. The number of hydrogen-bond donors (Lipinski definition) is 3. The van der Waals surface area contributed by atoms with E-state index in [4.69, 9.17) is 9.47 Å². The Morgan fingerprint density at radius 3 is 2.08 bits per heavy atom. The summed E-state index contributed by atoms with van der Waals surface area (Å²) in [5, 5.41) is 15.5. The van der Waals surface area contributed by atoms with Crippen LogP contribution in [-0.2, 0) is 14.3 Å². The zero-order chi connectivity index (χ0) is 27.3. The lowest BCUT2D eigenvalue weighted by atomic mass is 9.95. The van der Waals surface area contributed by atoms with Gasteiger partial charge in [-0.05, 0) is 90.4 Å². The number of hydrogen-bond acceptors (Lipinski definition) is 6. The van der Waals surface area contributed by atoms with Crippen molar-refractivity contribution in [1.82, 2.24) is 10.2 Å². The summed E-state index contributed by atoms with van der Waals surface area (Å²) in [6.45, 7) is 12.1. The number of rotatable bonds is 7. The second-order valence-corrected chi connectivity index (χ2v) is 10.5. The molecule has 196 valence electrons. The van der Waals surface area contributed by atoms with E-state index in [-0.39, 0.29) is 5.75 Å². The highest BCUT2D eigenvalue weighted by atomic mass is 16.6. The van der Waals surface area contributed by atoms with E-state index in [2.05, 4.69) is 10.6 Å². The monoisotopic (exact) mass is 499 g/mol. The maximum Gasteiger partial charge on any atom is 0.408 e. The lowest BCUT2D eigenvalue weighted by Crippen LogP contribution is -2.57. The standard InChI is InChI=1S/C27H37N3O6/c1-17(28-25(34)36-27(5,6)7)24(33)30(26(2,3)4)22(18-10-9-11-20(31)16-18)23(32)29-19-12-14-21(35-8)15-13-19/h9-17,22,31H,1-8H3,(H,28,34)(H,29,32). The van der Waals surface area contributed by atoms with Gasteiger partial charge in [-0.1, -0.05) is 12.1 Å². The molecular formula is C27H37N3O6. The summed E-state index contributed by atoms with van der Waals surface area (Å²) in [4.78, 5) is 41.1. The Balaban J connectivity index is 2.46. The van der Waals surface area contributed by atoms with Crippen molar-refractivity contribution < 1.29 is 29.0 Å². The Morgan fingerprint density at radius 1 is 0.972 bits per heavy atom. The molecular weight excluding hydrogens is 462 g/mol. The average Bonchev–Trinajstić information content (AvgIpc) is 2.75. The van der Waals surface area contributed by atoms with Gasteiger partial charge in [-0.25, -0.2) is 4.79 Å². The van der Waals surface area contributed by atoms with E-state index >= 15 is 0 Å². The molecule has 0 saturated carbocycles. The number of carbonyl (C=O) groups is 3. The quantitative estimate of drug-likeness (QED) is 0.512. The third-order valence-corrected chi connectivity index (χ3v) is 5.11. The maximum absolute atomic E-state index is 13.7. The fraction of sp³-hybridized carbons (Fsp3) is 0.444. The molecule has 0 bridgehead atoms. The van der Waals surface area contributed by atoms with Crippen LogP contribution in [0.2, 0.25) is 0 Å². The molecule has 36 heavy (non-hydrogen) atoms. The summed E-state index contributed by atoms with van der Waals surface area (Å²) < 4.78 is 10.5. The van der Waals surface area contributed by atoms with E-state index < -0.39 is 41.1 Å². The highest BCUT2D eigenvalue weighted by molar-refractivity contribution is 5.99. The molecule has 0 aromatic heterocycles. The number of carbonyl (C=O) groups excluding carboxylic acids is 3.